The first-order valence-corrected chi connectivity index (χ1v) is 8.12. The molecule has 0 aromatic carbocycles. The minimum absolute atomic E-state index is 0.395. The van der Waals surface area contributed by atoms with Gasteiger partial charge < -0.3 is 4.74 Å². The van der Waals surface area contributed by atoms with Crippen molar-refractivity contribution in [3.63, 3.8) is 0 Å². The van der Waals surface area contributed by atoms with Crippen LogP contribution in [0, 0.1) is 17.3 Å². The van der Waals surface area contributed by atoms with E-state index in [0.717, 1.165) is 36.8 Å². The lowest BCUT2D eigenvalue weighted by atomic mass is 9.78. The number of rotatable bonds is 3. The van der Waals surface area contributed by atoms with E-state index in [-0.39, 0.29) is 0 Å². The maximum absolute atomic E-state index is 5.53. The Morgan fingerprint density at radius 1 is 1.22 bits per heavy atom. The van der Waals surface area contributed by atoms with Crippen LogP contribution >= 0.6 is 12.6 Å². The Labute approximate surface area is 118 Å². The largest absolute Gasteiger partial charge is 0.381 e. The van der Waals surface area contributed by atoms with Crippen molar-refractivity contribution in [3.8, 4) is 0 Å². The highest BCUT2D eigenvalue weighted by atomic mass is 32.1. The van der Waals surface area contributed by atoms with E-state index < -0.39 is 0 Å². The van der Waals surface area contributed by atoms with Crippen molar-refractivity contribution >= 4 is 12.6 Å². The Balaban J connectivity index is 2.01. The van der Waals surface area contributed by atoms with Gasteiger partial charge in [-0.2, -0.15) is 12.6 Å². The molecule has 0 saturated carbocycles. The van der Waals surface area contributed by atoms with E-state index in [4.69, 9.17) is 4.74 Å². The molecule has 106 valence electrons. The second-order valence-electron chi connectivity index (χ2n) is 6.76. The summed E-state index contributed by atoms with van der Waals surface area (Å²) in [5, 5.41) is 0. The van der Waals surface area contributed by atoms with Gasteiger partial charge in [-0.05, 0) is 49.2 Å². The third-order valence-electron chi connectivity index (χ3n) is 5.15. The van der Waals surface area contributed by atoms with Crippen LogP contribution in [0.25, 0.3) is 0 Å². The van der Waals surface area contributed by atoms with Gasteiger partial charge in [0.2, 0.25) is 0 Å². The number of thiol groups is 1. The molecule has 3 unspecified atom stereocenters. The zero-order chi connectivity index (χ0) is 13.2. The molecule has 3 atom stereocenters. The summed E-state index contributed by atoms with van der Waals surface area (Å²) >= 11 is 4.64. The van der Waals surface area contributed by atoms with E-state index in [2.05, 4.69) is 38.3 Å². The average molecular weight is 271 g/mol. The van der Waals surface area contributed by atoms with Crippen LogP contribution in [0.2, 0.25) is 0 Å². The first-order valence-electron chi connectivity index (χ1n) is 7.49. The summed E-state index contributed by atoms with van der Waals surface area (Å²) in [4.78, 5) is 2.72. The van der Waals surface area contributed by atoms with E-state index in [1.807, 2.05) is 0 Å². The average Bonchev–Trinajstić information content (AvgIpc) is 2.36. The van der Waals surface area contributed by atoms with Crippen LogP contribution in [-0.4, -0.2) is 43.0 Å². The molecule has 0 bridgehead atoms. The van der Waals surface area contributed by atoms with Crippen molar-refractivity contribution in [2.24, 2.45) is 17.3 Å². The fourth-order valence-electron chi connectivity index (χ4n) is 3.64. The molecule has 0 aliphatic carbocycles. The topological polar surface area (TPSA) is 12.5 Å². The van der Waals surface area contributed by atoms with Crippen LogP contribution in [0.15, 0.2) is 0 Å². The maximum Gasteiger partial charge on any atom is 0.0472 e. The fraction of sp³-hybridized carbons (Fsp3) is 1.00. The molecule has 0 N–H and O–H groups in total. The second kappa shape index (κ2) is 6.15. The van der Waals surface area contributed by atoms with Crippen LogP contribution in [-0.2, 0) is 4.74 Å². The summed E-state index contributed by atoms with van der Waals surface area (Å²) in [5.74, 6) is 2.67. The molecular formula is C15H29NOS. The molecule has 0 aromatic heterocycles. The van der Waals surface area contributed by atoms with Gasteiger partial charge in [0.05, 0.1) is 0 Å². The Morgan fingerprint density at radius 2 is 1.89 bits per heavy atom. The molecule has 2 heterocycles. The number of likely N-dealkylation sites (tertiary alicyclic amines) is 1. The van der Waals surface area contributed by atoms with Gasteiger partial charge in [0.25, 0.3) is 0 Å². The number of hydrogen-bond donors (Lipinski definition) is 1. The Morgan fingerprint density at radius 3 is 2.50 bits per heavy atom. The molecule has 2 aliphatic heterocycles. The molecule has 2 aliphatic rings. The molecular weight excluding hydrogens is 242 g/mol. The zero-order valence-corrected chi connectivity index (χ0v) is 13.1. The number of hydrogen-bond acceptors (Lipinski definition) is 3. The third-order valence-corrected chi connectivity index (χ3v) is 5.82. The highest BCUT2D eigenvalue weighted by Gasteiger charge is 2.37. The fourth-order valence-corrected chi connectivity index (χ4v) is 4.06. The molecule has 2 nitrogen and oxygen atoms in total. The summed E-state index contributed by atoms with van der Waals surface area (Å²) < 4.78 is 5.53. The van der Waals surface area contributed by atoms with Crippen LogP contribution in [0.5, 0.6) is 0 Å². The van der Waals surface area contributed by atoms with Gasteiger partial charge in [0, 0.05) is 32.3 Å². The van der Waals surface area contributed by atoms with Gasteiger partial charge >= 0.3 is 0 Å². The number of ether oxygens (including phenoxy) is 1. The number of nitrogens with zero attached hydrogens (tertiary/aromatic N) is 1. The van der Waals surface area contributed by atoms with Gasteiger partial charge in [-0.25, -0.2) is 0 Å². The monoisotopic (exact) mass is 271 g/mol. The number of piperidine rings is 1. The molecule has 0 amide bonds. The maximum atomic E-state index is 5.53. The zero-order valence-electron chi connectivity index (χ0n) is 12.2. The van der Waals surface area contributed by atoms with Crippen molar-refractivity contribution in [3.05, 3.63) is 0 Å². The van der Waals surface area contributed by atoms with Crippen molar-refractivity contribution in [2.45, 2.75) is 46.1 Å². The first kappa shape index (κ1) is 14.7. The molecule has 3 heteroatoms. The van der Waals surface area contributed by atoms with Gasteiger partial charge in [0.15, 0.2) is 0 Å². The third kappa shape index (κ3) is 3.23. The summed E-state index contributed by atoms with van der Waals surface area (Å²) in [7, 11) is 0. The van der Waals surface area contributed by atoms with Gasteiger partial charge in [-0.1, -0.05) is 13.8 Å². The van der Waals surface area contributed by atoms with E-state index in [1.165, 1.54) is 32.4 Å². The quantitative estimate of drug-likeness (QED) is 0.792. The van der Waals surface area contributed by atoms with Crippen LogP contribution in [0.3, 0.4) is 0 Å². The summed E-state index contributed by atoms with van der Waals surface area (Å²) in [6, 6.07) is 0.723. The molecule has 18 heavy (non-hydrogen) atoms. The van der Waals surface area contributed by atoms with Gasteiger partial charge in [-0.3, -0.25) is 4.90 Å². The van der Waals surface area contributed by atoms with Crippen LogP contribution in [0.4, 0.5) is 0 Å². The molecule has 2 fully saturated rings. The van der Waals surface area contributed by atoms with Gasteiger partial charge in [-0.15, -0.1) is 0 Å². The first-order chi connectivity index (χ1) is 8.56. The summed E-state index contributed by atoms with van der Waals surface area (Å²) in [6.07, 6.45) is 3.75. The predicted molar refractivity (Wildman–Crippen MR) is 80.3 cm³/mol. The standard InChI is InChI=1S/C15H29NOS/c1-12-8-13(2)14(3)16(9-12)10-15(11-18)4-6-17-7-5-15/h12-14,18H,4-11H2,1-3H3. The SMILES string of the molecule is CC1CC(C)C(C)N(CC2(CS)CCOCC2)C1. The lowest BCUT2D eigenvalue weighted by molar-refractivity contribution is -0.0184. The Bertz CT molecular complexity index is 265. The molecule has 0 aromatic rings. The Hall–Kier alpha value is 0.270. The normalized spacial score (nSPS) is 37.7. The van der Waals surface area contributed by atoms with E-state index in [9.17, 15) is 0 Å². The highest BCUT2D eigenvalue weighted by molar-refractivity contribution is 7.80. The van der Waals surface area contributed by atoms with Crippen LogP contribution < -0.4 is 0 Å². The van der Waals surface area contributed by atoms with Crippen molar-refractivity contribution in [1.82, 2.24) is 4.90 Å². The molecule has 2 saturated heterocycles. The molecule has 0 radical (unpaired) electrons. The van der Waals surface area contributed by atoms with Crippen molar-refractivity contribution in [1.29, 1.82) is 0 Å². The molecule has 2 rings (SSSR count). The minimum atomic E-state index is 0.395. The smallest absolute Gasteiger partial charge is 0.0472 e. The van der Waals surface area contributed by atoms with Crippen molar-refractivity contribution < 1.29 is 4.74 Å². The van der Waals surface area contributed by atoms with E-state index in [1.54, 1.807) is 0 Å². The Kier molecular flexibility index (Phi) is 5.01. The lowest BCUT2D eigenvalue weighted by Crippen LogP contribution is -2.52. The van der Waals surface area contributed by atoms with Gasteiger partial charge in [0.1, 0.15) is 0 Å². The predicted octanol–water partition coefficient (Wildman–Crippen LogP) is 3.08. The second-order valence-corrected chi connectivity index (χ2v) is 7.07. The summed E-state index contributed by atoms with van der Waals surface area (Å²) in [6.45, 7) is 11.5. The highest BCUT2D eigenvalue weighted by Crippen LogP contribution is 2.36. The van der Waals surface area contributed by atoms with E-state index in [0.29, 0.717) is 5.41 Å². The lowest BCUT2D eigenvalue weighted by Gasteiger charge is -2.47. The van der Waals surface area contributed by atoms with Crippen molar-refractivity contribution in [2.75, 3.05) is 32.1 Å². The minimum Gasteiger partial charge on any atom is -0.381 e. The molecule has 0 spiro atoms. The summed E-state index contributed by atoms with van der Waals surface area (Å²) in [5.41, 5.74) is 0.395. The van der Waals surface area contributed by atoms with Crippen LogP contribution in [0.1, 0.15) is 40.0 Å². The van der Waals surface area contributed by atoms with E-state index >= 15 is 0 Å².